The molecule has 3 aliphatic heterocycles. The molecule has 0 radical (unpaired) electrons. The summed E-state index contributed by atoms with van der Waals surface area (Å²) in [7, 11) is 1.28. The molecule has 0 amide bonds. The number of imidazole rings is 1. The standard InChI is InChI=1S/C35H34ClFN6O5/c1-34(29-7-6-22(36)16-39-29)47-28-5-3-4-24(32(28)48-34)42-13-12-41(26-18-46-19-27(26)42)17-30-40-31-23(37)14-21(33(44)45-2)15-25(31)43(30)20-35(8-9-35)10-11-38/h3-7,14-16,26-27H,8-10,12-13,17-20H2,1-2H3/t26-,27+,34-/m0/s1. The monoisotopic (exact) mass is 672 g/mol. The SMILES string of the molecule is COC(=O)c1cc(F)c2nc(CN3CCN(c4cccc5c4O[C@@](C)(c4ccc(Cl)cn4)O5)[C@@H]4COC[C@@H]43)n(CC3(CC#N)CC3)c2c1. The molecule has 248 valence electrons. The molecule has 3 atom stereocenters. The van der Waals surface area contributed by atoms with Crippen LogP contribution in [-0.4, -0.2) is 70.9 Å². The van der Waals surface area contributed by atoms with Gasteiger partial charge in [0, 0.05) is 44.6 Å². The average Bonchev–Trinajstić information content (AvgIpc) is 3.36. The average molecular weight is 673 g/mol. The summed E-state index contributed by atoms with van der Waals surface area (Å²) in [6, 6.07) is 14.7. The van der Waals surface area contributed by atoms with Crippen molar-refractivity contribution < 1.29 is 28.1 Å². The second-order valence-electron chi connectivity index (χ2n) is 13.2. The molecule has 5 heterocycles. The number of nitriles is 1. The minimum atomic E-state index is -1.11. The van der Waals surface area contributed by atoms with Gasteiger partial charge < -0.3 is 28.4 Å². The Balaban J connectivity index is 1.09. The van der Waals surface area contributed by atoms with E-state index in [1.54, 1.807) is 24.4 Å². The number of ether oxygens (including phenoxy) is 4. The van der Waals surface area contributed by atoms with Gasteiger partial charge in [-0.3, -0.25) is 9.88 Å². The van der Waals surface area contributed by atoms with Gasteiger partial charge in [0.25, 0.3) is 5.79 Å². The third kappa shape index (κ3) is 5.21. The molecule has 4 aliphatic rings. The Morgan fingerprint density at radius 1 is 1.17 bits per heavy atom. The molecule has 2 aromatic heterocycles. The summed E-state index contributed by atoms with van der Waals surface area (Å²) in [4.78, 5) is 26.3. The maximum absolute atomic E-state index is 15.4. The number of rotatable bonds is 8. The van der Waals surface area contributed by atoms with Gasteiger partial charge in [-0.25, -0.2) is 14.2 Å². The van der Waals surface area contributed by atoms with Gasteiger partial charge in [0.15, 0.2) is 17.3 Å². The number of hydrogen-bond acceptors (Lipinski definition) is 10. The summed E-state index contributed by atoms with van der Waals surface area (Å²) in [5.41, 5.74) is 2.21. The first-order valence-corrected chi connectivity index (χ1v) is 16.4. The van der Waals surface area contributed by atoms with E-state index in [0.717, 1.165) is 18.5 Å². The normalized spacial score (nSPS) is 24.0. The zero-order valence-corrected chi connectivity index (χ0v) is 27.4. The zero-order chi connectivity index (χ0) is 33.2. The van der Waals surface area contributed by atoms with Crippen LogP contribution < -0.4 is 14.4 Å². The van der Waals surface area contributed by atoms with Gasteiger partial charge in [-0.05, 0) is 49.2 Å². The van der Waals surface area contributed by atoms with Crippen LogP contribution in [-0.2, 0) is 28.4 Å². The van der Waals surface area contributed by atoms with Crippen molar-refractivity contribution in [2.45, 2.75) is 57.1 Å². The molecular weight excluding hydrogens is 639 g/mol. The van der Waals surface area contributed by atoms with Crippen molar-refractivity contribution in [3.8, 4) is 17.6 Å². The van der Waals surface area contributed by atoms with Crippen LogP contribution in [0.4, 0.5) is 10.1 Å². The number of halogens is 2. The Morgan fingerprint density at radius 2 is 2.00 bits per heavy atom. The number of benzene rings is 2. The van der Waals surface area contributed by atoms with Gasteiger partial charge in [-0.2, -0.15) is 5.26 Å². The van der Waals surface area contributed by atoms with Gasteiger partial charge >= 0.3 is 5.97 Å². The lowest BCUT2D eigenvalue weighted by atomic mass is 10.0. The summed E-state index contributed by atoms with van der Waals surface area (Å²) in [5, 5.41) is 10.1. The van der Waals surface area contributed by atoms with Crippen molar-refractivity contribution in [2.75, 3.05) is 38.3 Å². The number of aromatic nitrogens is 3. The lowest BCUT2D eigenvalue weighted by molar-refractivity contribution is -0.0716. The summed E-state index contributed by atoms with van der Waals surface area (Å²) >= 11 is 6.08. The number of piperazine rings is 1. The number of nitrogens with zero attached hydrogens (tertiary/aromatic N) is 6. The zero-order valence-electron chi connectivity index (χ0n) is 26.6. The summed E-state index contributed by atoms with van der Waals surface area (Å²) in [6.45, 7) is 5.25. The molecule has 0 spiro atoms. The third-order valence-electron chi connectivity index (χ3n) is 10.1. The molecule has 2 saturated heterocycles. The molecule has 2 aromatic carbocycles. The van der Waals surface area contributed by atoms with Crippen LogP contribution >= 0.6 is 11.6 Å². The van der Waals surface area contributed by atoms with Crippen LogP contribution in [0.25, 0.3) is 11.0 Å². The van der Waals surface area contributed by atoms with E-state index in [4.69, 9.17) is 35.5 Å². The Kier molecular flexibility index (Phi) is 7.47. The van der Waals surface area contributed by atoms with Crippen molar-refractivity contribution >= 4 is 34.3 Å². The van der Waals surface area contributed by atoms with E-state index in [9.17, 15) is 10.1 Å². The first-order chi connectivity index (χ1) is 23.2. The van der Waals surface area contributed by atoms with Gasteiger partial charge in [0.2, 0.25) is 0 Å². The molecule has 1 aliphatic carbocycles. The Morgan fingerprint density at radius 3 is 2.75 bits per heavy atom. The number of esters is 1. The van der Waals surface area contributed by atoms with Crippen molar-refractivity contribution in [3.05, 3.63) is 76.6 Å². The highest BCUT2D eigenvalue weighted by atomic mass is 35.5. The number of methoxy groups -OCH3 is 1. The molecule has 0 unspecified atom stereocenters. The van der Waals surface area contributed by atoms with Crippen molar-refractivity contribution in [2.24, 2.45) is 5.41 Å². The number of para-hydroxylation sites is 1. The van der Waals surface area contributed by atoms with Gasteiger partial charge in [0.05, 0.1) is 66.8 Å². The molecule has 48 heavy (non-hydrogen) atoms. The molecule has 0 bridgehead atoms. The largest absolute Gasteiger partial charge is 0.465 e. The molecule has 1 saturated carbocycles. The predicted octanol–water partition coefficient (Wildman–Crippen LogP) is 5.44. The number of carbonyl (C=O) groups excluding carboxylic acids is 1. The highest BCUT2D eigenvalue weighted by Gasteiger charge is 2.47. The van der Waals surface area contributed by atoms with E-state index < -0.39 is 17.6 Å². The first kappa shape index (κ1) is 30.9. The first-order valence-electron chi connectivity index (χ1n) is 16.1. The smallest absolute Gasteiger partial charge is 0.338 e. The quantitative estimate of drug-likeness (QED) is 0.224. The van der Waals surface area contributed by atoms with Gasteiger partial charge in [0.1, 0.15) is 17.0 Å². The van der Waals surface area contributed by atoms with Crippen LogP contribution in [0.2, 0.25) is 5.02 Å². The van der Waals surface area contributed by atoms with Gasteiger partial charge in [-0.15, -0.1) is 0 Å². The number of carbonyl (C=O) groups is 1. The fourth-order valence-electron chi connectivity index (χ4n) is 7.34. The number of pyridine rings is 1. The van der Waals surface area contributed by atoms with Crippen molar-refractivity contribution in [3.63, 3.8) is 0 Å². The summed E-state index contributed by atoms with van der Waals surface area (Å²) in [6.07, 6.45) is 3.81. The molecule has 11 nitrogen and oxygen atoms in total. The fraction of sp³-hybridized carbons (Fsp3) is 0.429. The lowest BCUT2D eigenvalue weighted by Gasteiger charge is -2.44. The Labute approximate surface area is 281 Å². The highest BCUT2D eigenvalue weighted by Crippen LogP contribution is 2.52. The maximum Gasteiger partial charge on any atom is 0.338 e. The second-order valence-corrected chi connectivity index (χ2v) is 13.7. The van der Waals surface area contributed by atoms with Crippen LogP contribution in [0.5, 0.6) is 11.5 Å². The predicted molar refractivity (Wildman–Crippen MR) is 173 cm³/mol. The number of fused-ring (bicyclic) bond motifs is 3. The number of hydrogen-bond donors (Lipinski definition) is 0. The lowest BCUT2D eigenvalue weighted by Crippen LogP contribution is -2.59. The topological polar surface area (TPSA) is 115 Å². The van der Waals surface area contributed by atoms with Gasteiger partial charge in [-0.1, -0.05) is 17.7 Å². The molecule has 4 aromatic rings. The molecule has 8 rings (SSSR count). The second kappa shape index (κ2) is 11.6. The van der Waals surface area contributed by atoms with E-state index in [1.165, 1.54) is 13.2 Å². The van der Waals surface area contributed by atoms with E-state index in [1.807, 2.05) is 29.7 Å². The highest BCUT2D eigenvalue weighted by molar-refractivity contribution is 6.30. The summed E-state index contributed by atoms with van der Waals surface area (Å²) < 4.78 is 41.3. The minimum absolute atomic E-state index is 0.0169. The molecule has 3 fully saturated rings. The fourth-order valence-corrected chi connectivity index (χ4v) is 7.46. The molecule has 0 N–H and O–H groups in total. The van der Waals surface area contributed by atoms with Crippen LogP contribution in [0.15, 0.2) is 48.7 Å². The van der Waals surface area contributed by atoms with Crippen LogP contribution in [0, 0.1) is 22.6 Å². The Hall–Kier alpha value is -4.44. The van der Waals surface area contributed by atoms with E-state index in [0.29, 0.717) is 79.4 Å². The van der Waals surface area contributed by atoms with E-state index in [2.05, 4.69) is 20.9 Å². The van der Waals surface area contributed by atoms with Crippen molar-refractivity contribution in [1.82, 2.24) is 19.4 Å². The molecular formula is C35H34ClFN6O5. The van der Waals surface area contributed by atoms with E-state index >= 15 is 4.39 Å². The van der Waals surface area contributed by atoms with Crippen LogP contribution in [0.1, 0.15) is 48.1 Å². The van der Waals surface area contributed by atoms with E-state index in [-0.39, 0.29) is 28.6 Å². The number of anilines is 1. The minimum Gasteiger partial charge on any atom is -0.465 e. The van der Waals surface area contributed by atoms with Crippen molar-refractivity contribution in [1.29, 1.82) is 5.26 Å². The third-order valence-corrected chi connectivity index (χ3v) is 10.4. The molecule has 13 heteroatoms. The summed E-state index contributed by atoms with van der Waals surface area (Å²) in [5.74, 6) is -0.316. The van der Waals surface area contributed by atoms with Crippen LogP contribution in [0.3, 0.4) is 0 Å². The maximum atomic E-state index is 15.4. The Bertz CT molecular complexity index is 1960.